The van der Waals surface area contributed by atoms with Crippen molar-refractivity contribution in [3.05, 3.63) is 129 Å². The third-order valence-corrected chi connectivity index (χ3v) is 7.99. The van der Waals surface area contributed by atoms with Crippen molar-refractivity contribution in [2.75, 3.05) is 26.9 Å². The molecule has 0 spiro atoms. The zero-order valence-electron chi connectivity index (χ0n) is 24.3. The van der Waals surface area contributed by atoms with Gasteiger partial charge in [-0.25, -0.2) is 4.99 Å². The fourth-order valence-corrected chi connectivity index (χ4v) is 5.69. The fourth-order valence-electron chi connectivity index (χ4n) is 5.18. The molecule has 228 valence electrons. The first-order chi connectivity index (χ1) is 21.4. The molecule has 0 unspecified atom stereocenters. The van der Waals surface area contributed by atoms with Crippen LogP contribution in [-0.4, -0.2) is 49.3 Å². The Balaban J connectivity index is 1.51. The summed E-state index contributed by atoms with van der Waals surface area (Å²) in [6.45, 7) is 0.845. The highest BCUT2D eigenvalue weighted by molar-refractivity contribution is 6.35. The van der Waals surface area contributed by atoms with E-state index in [4.69, 9.17) is 47.5 Å². The second kappa shape index (κ2) is 14.6. The van der Waals surface area contributed by atoms with Crippen molar-refractivity contribution in [1.29, 1.82) is 0 Å². The number of ether oxygens (including phenoxy) is 3. The van der Waals surface area contributed by atoms with Crippen LogP contribution in [0.25, 0.3) is 0 Å². The molecule has 44 heavy (non-hydrogen) atoms. The number of aliphatic hydroxyl groups excluding tert-OH is 1. The van der Waals surface area contributed by atoms with E-state index in [0.717, 1.165) is 16.9 Å². The molecule has 7 nitrogen and oxygen atoms in total. The zero-order chi connectivity index (χ0) is 30.9. The van der Waals surface area contributed by atoms with Gasteiger partial charge in [0, 0.05) is 47.2 Å². The van der Waals surface area contributed by atoms with Crippen LogP contribution in [0.1, 0.15) is 34.8 Å². The normalized spacial score (nSPS) is 17.5. The molecular formula is C35H34Cl2N2O5. The summed E-state index contributed by atoms with van der Waals surface area (Å²) in [7, 11) is 1.63. The van der Waals surface area contributed by atoms with Gasteiger partial charge in [-0.1, -0.05) is 71.7 Å². The van der Waals surface area contributed by atoms with Gasteiger partial charge in [-0.3, -0.25) is 4.79 Å². The number of aliphatic imine (C=N–C) groups is 1. The van der Waals surface area contributed by atoms with Crippen molar-refractivity contribution in [3.63, 3.8) is 0 Å². The average Bonchev–Trinajstić information content (AvgIpc) is 3.42. The number of aliphatic hydroxyl groups is 1. The van der Waals surface area contributed by atoms with Crippen LogP contribution in [0.5, 0.6) is 11.5 Å². The largest absolute Gasteiger partial charge is 0.497 e. The first-order valence-corrected chi connectivity index (χ1v) is 15.2. The van der Waals surface area contributed by atoms with Crippen LogP contribution in [0, 0.1) is 0 Å². The van der Waals surface area contributed by atoms with E-state index in [2.05, 4.69) is 5.32 Å². The first-order valence-electron chi connectivity index (χ1n) is 14.4. The van der Waals surface area contributed by atoms with Gasteiger partial charge in [-0.2, -0.15) is 0 Å². The smallest absolute Gasteiger partial charge is 0.252 e. The molecule has 0 fully saturated rings. The molecule has 4 aromatic carbocycles. The molecule has 2 N–H and O–H groups in total. The third-order valence-electron chi connectivity index (χ3n) is 7.42. The number of amides is 1. The van der Waals surface area contributed by atoms with E-state index in [-0.39, 0.29) is 18.9 Å². The Labute approximate surface area is 267 Å². The number of hydrogen-bond donors (Lipinski definition) is 2. The minimum absolute atomic E-state index is 0.0580. The Bertz CT molecular complexity index is 1600. The van der Waals surface area contributed by atoms with Crippen molar-refractivity contribution >= 4 is 35.0 Å². The molecule has 9 heteroatoms. The molecule has 1 aliphatic rings. The molecule has 1 heterocycles. The summed E-state index contributed by atoms with van der Waals surface area (Å²) in [4.78, 5) is 19.5. The number of benzene rings is 4. The molecule has 0 saturated carbocycles. The maximum absolute atomic E-state index is 14.4. The van der Waals surface area contributed by atoms with Gasteiger partial charge in [-0.15, -0.1) is 0 Å². The molecule has 0 saturated heterocycles. The SMILES string of the molecule is COc1cccc(CCNC(=O)[C@]2(Cc3ccccc3)N=C(c3ccc(OCCCO)cc3)O[C@@H]2c2ccc(Cl)cc2Cl)c1. The monoisotopic (exact) mass is 632 g/mol. The molecule has 1 aliphatic heterocycles. The van der Waals surface area contributed by atoms with Crippen LogP contribution < -0.4 is 14.8 Å². The van der Waals surface area contributed by atoms with Crippen LogP contribution in [0.4, 0.5) is 0 Å². The summed E-state index contributed by atoms with van der Waals surface area (Å²) in [5.74, 6) is 1.46. The van der Waals surface area contributed by atoms with E-state index < -0.39 is 11.6 Å². The topological polar surface area (TPSA) is 89.4 Å². The average molecular weight is 634 g/mol. The number of hydrogen-bond acceptors (Lipinski definition) is 6. The summed E-state index contributed by atoms with van der Waals surface area (Å²) in [5, 5.41) is 13.0. The minimum Gasteiger partial charge on any atom is -0.497 e. The lowest BCUT2D eigenvalue weighted by Gasteiger charge is -2.31. The first kappa shape index (κ1) is 31.4. The van der Waals surface area contributed by atoms with Crippen LogP contribution in [0.15, 0.2) is 102 Å². The Kier molecular flexibility index (Phi) is 10.4. The highest BCUT2D eigenvalue weighted by Gasteiger charge is 2.53. The lowest BCUT2D eigenvalue weighted by atomic mass is 9.82. The van der Waals surface area contributed by atoms with E-state index in [1.807, 2.05) is 78.9 Å². The summed E-state index contributed by atoms with van der Waals surface area (Å²) in [6, 6.07) is 30.0. The summed E-state index contributed by atoms with van der Waals surface area (Å²) in [6.07, 6.45) is 0.579. The van der Waals surface area contributed by atoms with E-state index in [1.54, 1.807) is 25.3 Å². The summed E-state index contributed by atoms with van der Waals surface area (Å²) >= 11 is 13.0. The molecule has 5 rings (SSSR count). The summed E-state index contributed by atoms with van der Waals surface area (Å²) in [5.41, 5.74) is 1.88. The van der Waals surface area contributed by atoms with Crippen LogP contribution in [0.3, 0.4) is 0 Å². The van der Waals surface area contributed by atoms with Gasteiger partial charge in [0.05, 0.1) is 13.7 Å². The zero-order valence-corrected chi connectivity index (χ0v) is 25.9. The van der Waals surface area contributed by atoms with Crippen molar-refractivity contribution in [2.24, 2.45) is 4.99 Å². The standard InChI is InChI=1S/C35H34Cl2N2O5/c1-42-29-10-5-9-24(21-29)17-18-38-34(41)35(23-25-7-3-2-4-8-25)32(30-16-13-27(36)22-31(30)37)44-33(39-35)26-11-14-28(15-12-26)43-20-6-19-40/h2-5,7-16,21-22,32,40H,6,17-20,23H2,1H3,(H,38,41)/t32-,35-/m1/s1. The number of halogens is 2. The summed E-state index contributed by atoms with van der Waals surface area (Å²) < 4.78 is 17.6. The number of nitrogens with zero attached hydrogens (tertiary/aromatic N) is 1. The Morgan fingerprint density at radius 3 is 2.45 bits per heavy atom. The molecule has 1 amide bonds. The second-order valence-electron chi connectivity index (χ2n) is 10.5. The van der Waals surface area contributed by atoms with Crippen LogP contribution >= 0.6 is 23.2 Å². The quantitative estimate of drug-likeness (QED) is 0.162. The highest BCUT2D eigenvalue weighted by atomic mass is 35.5. The van der Waals surface area contributed by atoms with E-state index >= 15 is 0 Å². The number of methoxy groups -OCH3 is 1. The molecule has 2 atom stereocenters. The van der Waals surface area contributed by atoms with Gasteiger partial charge in [0.2, 0.25) is 5.90 Å². The lowest BCUT2D eigenvalue weighted by Crippen LogP contribution is -2.50. The Morgan fingerprint density at radius 1 is 0.955 bits per heavy atom. The predicted molar refractivity (Wildman–Crippen MR) is 173 cm³/mol. The van der Waals surface area contributed by atoms with Crippen molar-refractivity contribution < 1.29 is 24.1 Å². The number of carbonyl (C=O) groups is 1. The van der Waals surface area contributed by atoms with Crippen molar-refractivity contribution in [1.82, 2.24) is 5.32 Å². The Hall–Kier alpha value is -4.04. The van der Waals surface area contributed by atoms with Crippen LogP contribution in [0.2, 0.25) is 10.0 Å². The number of nitrogens with one attached hydrogen (secondary N) is 1. The fraction of sp³-hybridized carbons (Fsp3) is 0.257. The number of rotatable bonds is 13. The Morgan fingerprint density at radius 2 is 1.73 bits per heavy atom. The van der Waals surface area contributed by atoms with Gasteiger partial charge < -0.3 is 24.6 Å². The molecule has 4 aromatic rings. The van der Waals surface area contributed by atoms with Crippen LogP contribution in [-0.2, 0) is 22.4 Å². The molecule has 0 bridgehead atoms. The maximum Gasteiger partial charge on any atom is 0.252 e. The van der Waals surface area contributed by atoms with Gasteiger partial charge in [0.1, 0.15) is 11.5 Å². The number of carbonyl (C=O) groups excluding carboxylic acids is 1. The van der Waals surface area contributed by atoms with E-state index in [1.165, 1.54) is 0 Å². The minimum atomic E-state index is -1.38. The lowest BCUT2D eigenvalue weighted by molar-refractivity contribution is -0.128. The van der Waals surface area contributed by atoms with Gasteiger partial charge >= 0.3 is 0 Å². The molecule has 0 aromatic heterocycles. The predicted octanol–water partition coefficient (Wildman–Crippen LogP) is 6.62. The molecule has 0 radical (unpaired) electrons. The third kappa shape index (κ3) is 7.36. The second-order valence-corrected chi connectivity index (χ2v) is 11.3. The maximum atomic E-state index is 14.4. The molecule has 0 aliphatic carbocycles. The highest BCUT2D eigenvalue weighted by Crippen LogP contribution is 2.45. The van der Waals surface area contributed by atoms with Gasteiger partial charge in [0.15, 0.2) is 11.6 Å². The van der Waals surface area contributed by atoms with Gasteiger partial charge in [0.25, 0.3) is 5.91 Å². The van der Waals surface area contributed by atoms with E-state index in [0.29, 0.717) is 58.8 Å². The van der Waals surface area contributed by atoms with Crippen molar-refractivity contribution in [3.8, 4) is 11.5 Å². The van der Waals surface area contributed by atoms with Crippen molar-refractivity contribution in [2.45, 2.75) is 30.9 Å². The van der Waals surface area contributed by atoms with Gasteiger partial charge in [-0.05, 0) is 66.1 Å². The van der Waals surface area contributed by atoms with E-state index in [9.17, 15) is 4.79 Å². The molecular weight excluding hydrogens is 599 g/mol.